The Morgan fingerprint density at radius 2 is 2.02 bits per heavy atom. The molecule has 0 fully saturated rings. The average Bonchev–Trinajstić information content (AvgIpc) is 3.24. The number of rotatable bonds is 12. The van der Waals surface area contributed by atoms with Gasteiger partial charge in [0.05, 0.1) is 22.9 Å². The van der Waals surface area contributed by atoms with Crippen LogP contribution < -0.4 is 14.9 Å². The number of nitrogens with one attached hydrogen (secondary N) is 1. The Hall–Kier alpha value is -3.50. The topological polar surface area (TPSA) is 122 Å². The van der Waals surface area contributed by atoms with Crippen molar-refractivity contribution in [3.63, 3.8) is 0 Å². The van der Waals surface area contributed by atoms with Crippen LogP contribution >= 0.6 is 11.6 Å². The fourth-order valence-electron chi connectivity index (χ4n) is 4.61. The summed E-state index contributed by atoms with van der Waals surface area (Å²) < 4.78 is 17.5. The molecule has 0 bridgehead atoms. The van der Waals surface area contributed by atoms with E-state index in [1.54, 1.807) is 31.5 Å². The molecule has 0 unspecified atom stereocenters. The molecule has 0 saturated heterocycles. The highest BCUT2D eigenvalue weighted by molar-refractivity contribution is 6.74. The molecule has 1 aliphatic heterocycles. The van der Waals surface area contributed by atoms with Crippen molar-refractivity contribution in [3.05, 3.63) is 52.8 Å². The number of aromatic nitrogens is 3. The minimum absolute atomic E-state index is 0.0383. The molecule has 1 N–H and O–H groups in total. The van der Waals surface area contributed by atoms with Crippen LogP contribution in [0, 0.1) is 11.3 Å². The highest BCUT2D eigenvalue weighted by Crippen LogP contribution is 2.46. The first-order valence-corrected chi connectivity index (χ1v) is 17.3. The van der Waals surface area contributed by atoms with Crippen molar-refractivity contribution in [2.45, 2.75) is 51.2 Å². The van der Waals surface area contributed by atoms with Gasteiger partial charge in [0, 0.05) is 49.3 Å². The molecule has 2 aromatic heterocycles. The Kier molecular flexibility index (Phi) is 9.81. The largest absolute Gasteiger partial charge is 0.474 e. The van der Waals surface area contributed by atoms with Gasteiger partial charge < -0.3 is 28.8 Å². The Morgan fingerprint density at radius 3 is 2.70 bits per heavy atom. The zero-order valence-corrected chi connectivity index (χ0v) is 27.5. The van der Waals surface area contributed by atoms with Gasteiger partial charge in [-0.3, -0.25) is 0 Å². The minimum atomic E-state index is -2.07. The third kappa shape index (κ3) is 7.18. The van der Waals surface area contributed by atoms with E-state index in [1.807, 2.05) is 10.9 Å². The SMILES string of the molecule is COCCOc1ncc(Cl)cc1Nc1nccc(-c2cc(C#N)c3c(c2)[C@@](C)(CO[Si](C)(C)C(C)(C)C)CN3[B]C=O)n1. The predicted octanol–water partition coefficient (Wildman–Crippen LogP) is 5.74. The quantitative estimate of drug-likeness (QED) is 0.152. The Balaban J connectivity index is 1.72. The zero-order chi connectivity index (χ0) is 31.4. The molecule has 1 aromatic carbocycles. The summed E-state index contributed by atoms with van der Waals surface area (Å²) in [7, 11) is 1.01. The highest BCUT2D eigenvalue weighted by Gasteiger charge is 2.44. The summed E-state index contributed by atoms with van der Waals surface area (Å²) in [5, 5.41) is 13.8. The number of ether oxygens (including phenoxy) is 2. The van der Waals surface area contributed by atoms with Crippen molar-refractivity contribution >= 4 is 50.8 Å². The molecule has 10 nitrogen and oxygen atoms in total. The molecular weight excluding hydrogens is 583 g/mol. The van der Waals surface area contributed by atoms with Crippen LogP contribution in [0.25, 0.3) is 11.3 Å². The van der Waals surface area contributed by atoms with Gasteiger partial charge in [-0.15, -0.1) is 0 Å². The van der Waals surface area contributed by atoms with Crippen LogP contribution in [0.4, 0.5) is 17.3 Å². The van der Waals surface area contributed by atoms with Gasteiger partial charge in [-0.2, -0.15) is 5.26 Å². The van der Waals surface area contributed by atoms with Crippen LogP contribution in [0.1, 0.15) is 38.8 Å². The van der Waals surface area contributed by atoms with E-state index in [0.29, 0.717) is 60.2 Å². The van der Waals surface area contributed by atoms with E-state index in [4.69, 9.17) is 30.5 Å². The van der Waals surface area contributed by atoms with E-state index in [9.17, 15) is 10.1 Å². The van der Waals surface area contributed by atoms with Crippen LogP contribution in [-0.4, -0.2) is 70.3 Å². The summed E-state index contributed by atoms with van der Waals surface area (Å²) in [6, 6.07) is 9.63. The van der Waals surface area contributed by atoms with Crippen LogP contribution in [0.15, 0.2) is 36.7 Å². The van der Waals surface area contributed by atoms with Gasteiger partial charge >= 0.3 is 7.41 Å². The van der Waals surface area contributed by atoms with Gasteiger partial charge in [-0.25, -0.2) is 15.0 Å². The summed E-state index contributed by atoms with van der Waals surface area (Å²) in [5.41, 5.74) is 3.48. The molecule has 43 heavy (non-hydrogen) atoms. The van der Waals surface area contributed by atoms with E-state index >= 15 is 0 Å². The van der Waals surface area contributed by atoms with Crippen LogP contribution in [0.5, 0.6) is 5.88 Å². The van der Waals surface area contributed by atoms with Crippen molar-refractivity contribution in [2.75, 3.05) is 43.6 Å². The molecule has 1 aliphatic rings. The summed E-state index contributed by atoms with van der Waals surface area (Å²) in [6.45, 7) is 14.9. The standard InChI is InChI=1S/C30H37BClN6O4Si/c1-29(2,3)43(6,7)42-18-30(4)17-38(31-19-39)26-21(15-33)12-20(13-23(26)30)24-8-9-34-28(36-24)37-25-14-22(32)16-35-27(25)41-11-10-40-5/h8-9,12-14,16,19H,10-11,17-18H2,1-7H3,(H,34,36,37)/t30-/m1/s1. The molecule has 4 rings (SSSR count). The number of carbonyl (C=O) groups excluding carboxylic acids is 1. The van der Waals surface area contributed by atoms with Gasteiger partial charge in [-0.1, -0.05) is 39.3 Å². The first-order valence-electron chi connectivity index (χ1n) is 14.0. The third-order valence-corrected chi connectivity index (χ3v) is 12.7. The summed E-state index contributed by atoms with van der Waals surface area (Å²) >= 11 is 6.21. The number of hydrogen-bond donors (Lipinski definition) is 1. The van der Waals surface area contributed by atoms with E-state index in [0.717, 1.165) is 23.0 Å². The van der Waals surface area contributed by atoms with E-state index in [1.165, 1.54) is 13.6 Å². The summed E-state index contributed by atoms with van der Waals surface area (Å²) in [5.74, 6) is 0.640. The number of carbonyl (C=O) groups is 1. The van der Waals surface area contributed by atoms with Gasteiger partial charge in [0.1, 0.15) is 24.5 Å². The zero-order valence-electron chi connectivity index (χ0n) is 25.7. The predicted molar refractivity (Wildman–Crippen MR) is 172 cm³/mol. The van der Waals surface area contributed by atoms with Crippen LogP contribution in [0.3, 0.4) is 0 Å². The van der Waals surface area contributed by atoms with Crippen molar-refractivity contribution in [3.8, 4) is 23.2 Å². The number of hydrogen-bond acceptors (Lipinski definition) is 10. The molecule has 0 amide bonds. The monoisotopic (exact) mass is 619 g/mol. The van der Waals surface area contributed by atoms with E-state index in [2.05, 4.69) is 62.1 Å². The first kappa shape index (κ1) is 32.4. The maximum atomic E-state index is 11.6. The highest BCUT2D eigenvalue weighted by atomic mass is 35.5. The van der Waals surface area contributed by atoms with Gasteiger partial charge in [-0.05, 0) is 48.0 Å². The number of nitrogens with zero attached hydrogens (tertiary/aromatic N) is 5. The van der Waals surface area contributed by atoms with Crippen molar-refractivity contribution in [2.24, 2.45) is 0 Å². The van der Waals surface area contributed by atoms with Crippen LogP contribution in [-0.2, 0) is 19.4 Å². The van der Waals surface area contributed by atoms with Gasteiger partial charge in [0.15, 0.2) is 8.32 Å². The first-order chi connectivity index (χ1) is 20.3. The van der Waals surface area contributed by atoms with Gasteiger partial charge in [0.2, 0.25) is 11.8 Å². The lowest BCUT2D eigenvalue weighted by atomic mass is 9.83. The number of anilines is 3. The van der Waals surface area contributed by atoms with E-state index < -0.39 is 13.7 Å². The number of methoxy groups -OCH3 is 1. The normalized spacial score (nSPS) is 16.4. The van der Waals surface area contributed by atoms with Crippen molar-refractivity contribution in [1.29, 1.82) is 5.26 Å². The fraction of sp³-hybridized carbons (Fsp3) is 0.433. The number of halogens is 1. The van der Waals surface area contributed by atoms with Gasteiger partial charge in [0.25, 0.3) is 0 Å². The van der Waals surface area contributed by atoms with Crippen molar-refractivity contribution < 1.29 is 18.7 Å². The van der Waals surface area contributed by atoms with Crippen LogP contribution in [0.2, 0.25) is 23.2 Å². The molecule has 3 heterocycles. The second kappa shape index (κ2) is 13.0. The summed E-state index contributed by atoms with van der Waals surface area (Å²) in [4.78, 5) is 26.8. The lowest BCUT2D eigenvalue weighted by molar-refractivity contribution is 0.144. The Bertz CT molecular complexity index is 1530. The third-order valence-electron chi connectivity index (χ3n) is 8.03. The maximum absolute atomic E-state index is 11.6. The average molecular weight is 620 g/mol. The molecule has 0 spiro atoms. The van der Waals surface area contributed by atoms with Crippen molar-refractivity contribution in [1.82, 2.24) is 15.0 Å². The molecule has 0 saturated carbocycles. The maximum Gasteiger partial charge on any atom is 0.329 e. The lowest BCUT2D eigenvalue weighted by Gasteiger charge is -2.39. The van der Waals surface area contributed by atoms with E-state index in [-0.39, 0.29) is 5.04 Å². The molecule has 0 aliphatic carbocycles. The Labute approximate surface area is 260 Å². The molecule has 3 aromatic rings. The molecular formula is C30H37BClN6O4Si. The summed E-state index contributed by atoms with van der Waals surface area (Å²) in [6.07, 6.45) is 3.89. The molecule has 225 valence electrons. The molecule has 13 heteroatoms. The minimum Gasteiger partial charge on any atom is -0.474 e. The lowest BCUT2D eigenvalue weighted by Crippen LogP contribution is -2.46. The number of benzene rings is 1. The number of fused-ring (bicyclic) bond motifs is 1. The molecule has 1 radical (unpaired) electrons. The second-order valence-electron chi connectivity index (χ2n) is 12.3. The number of nitriles is 1. The second-order valence-corrected chi connectivity index (χ2v) is 17.5. The number of pyridine rings is 1. The molecule has 1 atom stereocenters. The smallest absolute Gasteiger partial charge is 0.329 e. The fourth-order valence-corrected chi connectivity index (χ4v) is 5.88. The Morgan fingerprint density at radius 1 is 1.26 bits per heavy atom.